The standard InChI is InChI=1S/C18H28N6OS/c1-4-17-22-15(13-26-17)6-7-20-18(19-5-2)24-8-9-25-16(12-24)14-10-21-23(3)11-14/h10-11,13,16H,4-9,12H2,1-3H3,(H,19,20). The predicted octanol–water partition coefficient (Wildman–Crippen LogP) is 2.02. The van der Waals surface area contributed by atoms with Gasteiger partial charge >= 0.3 is 0 Å². The van der Waals surface area contributed by atoms with Gasteiger partial charge in [0.2, 0.25) is 0 Å². The van der Waals surface area contributed by atoms with Crippen molar-refractivity contribution in [2.45, 2.75) is 32.8 Å². The lowest BCUT2D eigenvalue weighted by atomic mass is 10.1. The molecule has 2 aromatic rings. The largest absolute Gasteiger partial charge is 0.370 e. The van der Waals surface area contributed by atoms with Crippen LogP contribution in [0.3, 0.4) is 0 Å². The molecule has 1 N–H and O–H groups in total. The van der Waals surface area contributed by atoms with Crippen molar-refractivity contribution in [3.63, 3.8) is 0 Å². The Bertz CT molecular complexity index is 725. The maximum absolute atomic E-state index is 5.94. The number of morpholine rings is 1. The summed E-state index contributed by atoms with van der Waals surface area (Å²) in [6.07, 6.45) is 5.81. The van der Waals surface area contributed by atoms with Crippen LogP contribution in [-0.2, 0) is 24.6 Å². The lowest BCUT2D eigenvalue weighted by molar-refractivity contribution is -0.00803. The van der Waals surface area contributed by atoms with E-state index >= 15 is 0 Å². The van der Waals surface area contributed by atoms with Crippen molar-refractivity contribution in [2.24, 2.45) is 12.0 Å². The number of nitrogens with one attached hydrogen (secondary N) is 1. The molecule has 3 rings (SSSR count). The van der Waals surface area contributed by atoms with Gasteiger partial charge in [0, 0.05) is 50.2 Å². The molecule has 142 valence electrons. The second kappa shape index (κ2) is 9.14. The highest BCUT2D eigenvalue weighted by Gasteiger charge is 2.25. The molecule has 26 heavy (non-hydrogen) atoms. The van der Waals surface area contributed by atoms with Gasteiger partial charge in [-0.3, -0.25) is 9.67 Å². The van der Waals surface area contributed by atoms with Gasteiger partial charge in [0.15, 0.2) is 5.96 Å². The van der Waals surface area contributed by atoms with Crippen LogP contribution in [0, 0.1) is 0 Å². The van der Waals surface area contributed by atoms with Crippen molar-refractivity contribution in [3.8, 4) is 0 Å². The SMILES string of the molecule is CCNC(=NCCc1csc(CC)n1)N1CCOC(c2cnn(C)c2)C1. The minimum atomic E-state index is 0.0342. The van der Waals surface area contributed by atoms with Gasteiger partial charge < -0.3 is 15.0 Å². The van der Waals surface area contributed by atoms with E-state index in [2.05, 4.69) is 39.5 Å². The molecule has 1 saturated heterocycles. The van der Waals surface area contributed by atoms with E-state index in [9.17, 15) is 0 Å². The number of thiazole rings is 1. The van der Waals surface area contributed by atoms with Crippen molar-refractivity contribution >= 4 is 17.3 Å². The quantitative estimate of drug-likeness (QED) is 0.617. The van der Waals surface area contributed by atoms with Gasteiger partial charge in [0.25, 0.3) is 0 Å². The summed E-state index contributed by atoms with van der Waals surface area (Å²) in [4.78, 5) is 11.7. The Morgan fingerprint density at radius 2 is 2.35 bits per heavy atom. The van der Waals surface area contributed by atoms with Gasteiger partial charge in [0.1, 0.15) is 6.10 Å². The lowest BCUT2D eigenvalue weighted by Crippen LogP contribution is -2.48. The normalized spacial score (nSPS) is 18.3. The van der Waals surface area contributed by atoms with Gasteiger partial charge in [-0.15, -0.1) is 11.3 Å². The fraction of sp³-hybridized carbons (Fsp3) is 0.611. The Kier molecular flexibility index (Phi) is 6.62. The second-order valence-corrected chi connectivity index (χ2v) is 7.27. The molecule has 0 amide bonds. The number of nitrogens with zero attached hydrogens (tertiary/aromatic N) is 5. The Balaban J connectivity index is 1.62. The minimum Gasteiger partial charge on any atom is -0.370 e. The van der Waals surface area contributed by atoms with Crippen LogP contribution in [0.25, 0.3) is 0 Å². The molecular formula is C18H28N6OS. The molecule has 1 atom stereocenters. The van der Waals surface area contributed by atoms with Crippen LogP contribution < -0.4 is 5.32 Å². The lowest BCUT2D eigenvalue weighted by Gasteiger charge is -2.34. The highest BCUT2D eigenvalue weighted by molar-refractivity contribution is 7.09. The molecule has 1 fully saturated rings. The van der Waals surface area contributed by atoms with Crippen molar-refractivity contribution in [1.29, 1.82) is 0 Å². The molecule has 1 unspecified atom stereocenters. The molecule has 0 aromatic carbocycles. The van der Waals surface area contributed by atoms with E-state index in [0.29, 0.717) is 6.61 Å². The molecule has 2 aromatic heterocycles. The summed E-state index contributed by atoms with van der Waals surface area (Å²) in [6, 6.07) is 0. The topological polar surface area (TPSA) is 67.6 Å². The number of guanidine groups is 1. The zero-order chi connectivity index (χ0) is 18.4. The van der Waals surface area contributed by atoms with E-state index in [4.69, 9.17) is 9.73 Å². The van der Waals surface area contributed by atoms with Crippen molar-refractivity contribution in [3.05, 3.63) is 34.0 Å². The second-order valence-electron chi connectivity index (χ2n) is 6.32. The van der Waals surface area contributed by atoms with Crippen molar-refractivity contribution < 1.29 is 4.74 Å². The van der Waals surface area contributed by atoms with E-state index in [1.807, 2.05) is 24.1 Å². The van der Waals surface area contributed by atoms with Gasteiger partial charge in [0.05, 0.1) is 30.1 Å². The molecule has 1 aliphatic heterocycles. The van der Waals surface area contributed by atoms with Gasteiger partial charge in [-0.2, -0.15) is 5.10 Å². The van der Waals surface area contributed by atoms with Crippen molar-refractivity contribution in [1.82, 2.24) is 25.0 Å². The Labute approximate surface area is 159 Å². The monoisotopic (exact) mass is 376 g/mol. The van der Waals surface area contributed by atoms with E-state index in [-0.39, 0.29) is 6.10 Å². The highest BCUT2D eigenvalue weighted by Crippen LogP contribution is 2.21. The van der Waals surface area contributed by atoms with Crippen LogP contribution in [0.15, 0.2) is 22.8 Å². The van der Waals surface area contributed by atoms with Gasteiger partial charge in [-0.1, -0.05) is 6.92 Å². The van der Waals surface area contributed by atoms with E-state index in [1.165, 1.54) is 5.01 Å². The summed E-state index contributed by atoms with van der Waals surface area (Å²) in [5, 5.41) is 11.0. The van der Waals surface area contributed by atoms with E-state index in [0.717, 1.165) is 56.2 Å². The van der Waals surface area contributed by atoms with Gasteiger partial charge in [-0.05, 0) is 13.3 Å². The first-order valence-corrected chi connectivity index (χ1v) is 10.1. The number of hydrogen-bond donors (Lipinski definition) is 1. The van der Waals surface area contributed by atoms with Crippen LogP contribution in [0.5, 0.6) is 0 Å². The average molecular weight is 377 g/mol. The number of hydrogen-bond acceptors (Lipinski definition) is 5. The van der Waals surface area contributed by atoms with Crippen molar-refractivity contribution in [2.75, 3.05) is 32.8 Å². The molecule has 7 nitrogen and oxygen atoms in total. The Morgan fingerprint density at radius 3 is 3.04 bits per heavy atom. The summed E-state index contributed by atoms with van der Waals surface area (Å²) in [5.74, 6) is 0.954. The molecule has 0 aliphatic carbocycles. The third-order valence-electron chi connectivity index (χ3n) is 4.33. The molecule has 0 spiro atoms. The van der Waals surface area contributed by atoms with E-state index in [1.54, 1.807) is 11.3 Å². The van der Waals surface area contributed by atoms with Crippen LogP contribution in [0.2, 0.25) is 0 Å². The zero-order valence-corrected chi connectivity index (χ0v) is 16.6. The fourth-order valence-electron chi connectivity index (χ4n) is 2.98. The number of ether oxygens (including phenoxy) is 1. The smallest absolute Gasteiger partial charge is 0.194 e. The first kappa shape index (κ1) is 18.8. The predicted molar refractivity (Wildman–Crippen MR) is 105 cm³/mol. The summed E-state index contributed by atoms with van der Waals surface area (Å²) in [5.41, 5.74) is 2.25. The molecule has 0 bridgehead atoms. The fourth-order valence-corrected chi connectivity index (χ4v) is 3.76. The minimum absolute atomic E-state index is 0.0342. The van der Waals surface area contributed by atoms with Crippen LogP contribution in [0.4, 0.5) is 0 Å². The summed E-state index contributed by atoms with van der Waals surface area (Å²) < 4.78 is 7.75. The number of aryl methyl sites for hydroxylation is 2. The third kappa shape index (κ3) is 4.82. The summed E-state index contributed by atoms with van der Waals surface area (Å²) in [7, 11) is 1.93. The molecule has 3 heterocycles. The molecule has 8 heteroatoms. The molecule has 1 aliphatic rings. The van der Waals surface area contributed by atoms with Gasteiger partial charge in [-0.25, -0.2) is 4.98 Å². The average Bonchev–Trinajstić information content (AvgIpc) is 3.30. The summed E-state index contributed by atoms with van der Waals surface area (Å²) in [6.45, 7) is 8.15. The van der Waals surface area contributed by atoms with Crippen LogP contribution >= 0.6 is 11.3 Å². The first-order valence-electron chi connectivity index (χ1n) is 9.26. The number of aromatic nitrogens is 3. The molecular weight excluding hydrogens is 348 g/mol. The Hall–Kier alpha value is -1.93. The van der Waals surface area contributed by atoms with Crippen LogP contribution in [-0.4, -0.2) is 58.4 Å². The maximum atomic E-state index is 5.94. The zero-order valence-electron chi connectivity index (χ0n) is 15.8. The number of rotatable bonds is 6. The molecule has 0 saturated carbocycles. The van der Waals surface area contributed by atoms with E-state index < -0.39 is 0 Å². The Morgan fingerprint density at radius 1 is 1.46 bits per heavy atom. The highest BCUT2D eigenvalue weighted by atomic mass is 32.1. The third-order valence-corrected chi connectivity index (χ3v) is 5.37. The maximum Gasteiger partial charge on any atom is 0.194 e. The molecule has 0 radical (unpaired) electrons. The summed E-state index contributed by atoms with van der Waals surface area (Å²) >= 11 is 1.74. The van der Waals surface area contributed by atoms with Crippen LogP contribution in [0.1, 0.15) is 36.2 Å². The number of aliphatic imine (C=N–C) groups is 1. The first-order chi connectivity index (χ1) is 12.7.